The summed E-state index contributed by atoms with van der Waals surface area (Å²) in [5, 5.41) is 8.64. The van der Waals surface area contributed by atoms with E-state index >= 15 is 0 Å². The molecule has 0 amide bonds. The molecule has 0 spiro atoms. The lowest BCUT2D eigenvalue weighted by molar-refractivity contribution is -0.148. The largest absolute Gasteiger partial charge is 0.478 e. The van der Waals surface area contributed by atoms with Crippen molar-refractivity contribution >= 4 is 11.9 Å². The Hall–Kier alpha value is -1.58. The first kappa shape index (κ1) is 19.4. The van der Waals surface area contributed by atoms with Crippen molar-refractivity contribution in [2.24, 2.45) is 5.92 Å². The van der Waals surface area contributed by atoms with E-state index in [0.29, 0.717) is 11.5 Å². The van der Waals surface area contributed by atoms with Gasteiger partial charge in [0.2, 0.25) is 0 Å². The number of hydrogen-bond donors (Lipinski definition) is 1. The number of allylic oxidation sites excluding steroid dienone is 1. The molecular weight excluding hydrogens is 268 g/mol. The standard InChI is InChI=1S/C10H16O2.C7H12O2/c1-8(10(11)12)7-9-5-3-2-4-6-9;1-5-6(8)9-7(2,3)4/h7,9H,2-6H2,1H3,(H,11,12);5H,1H2,2-4H3. The predicted molar refractivity (Wildman–Crippen MR) is 84.0 cm³/mol. The number of carbonyl (C=O) groups excluding carboxylic acids is 1. The molecule has 1 rings (SSSR count). The first-order valence-electron chi connectivity index (χ1n) is 7.43. The number of ether oxygens (including phenoxy) is 1. The Bertz CT molecular complexity index is 382. The average Bonchev–Trinajstić information content (AvgIpc) is 2.38. The van der Waals surface area contributed by atoms with E-state index in [1.54, 1.807) is 6.92 Å². The summed E-state index contributed by atoms with van der Waals surface area (Å²) in [6, 6.07) is 0. The van der Waals surface area contributed by atoms with Crippen LogP contribution in [0.5, 0.6) is 0 Å². The van der Waals surface area contributed by atoms with Gasteiger partial charge in [-0.05, 0) is 46.5 Å². The fraction of sp³-hybridized carbons (Fsp3) is 0.647. The third-order valence-electron chi connectivity index (χ3n) is 3.05. The van der Waals surface area contributed by atoms with Crippen molar-refractivity contribution in [3.8, 4) is 0 Å². The van der Waals surface area contributed by atoms with Crippen molar-refractivity contribution in [1.82, 2.24) is 0 Å². The van der Waals surface area contributed by atoms with Crippen molar-refractivity contribution in [1.29, 1.82) is 0 Å². The first-order chi connectivity index (χ1) is 9.65. The van der Waals surface area contributed by atoms with Crippen LogP contribution in [0.1, 0.15) is 59.8 Å². The molecule has 0 aliphatic heterocycles. The number of carboxylic acids is 1. The van der Waals surface area contributed by atoms with Crippen molar-refractivity contribution in [3.63, 3.8) is 0 Å². The van der Waals surface area contributed by atoms with E-state index in [9.17, 15) is 9.59 Å². The Morgan fingerprint density at radius 3 is 2.05 bits per heavy atom. The van der Waals surface area contributed by atoms with Crippen LogP contribution in [-0.2, 0) is 14.3 Å². The third-order valence-corrected chi connectivity index (χ3v) is 3.05. The van der Waals surface area contributed by atoms with E-state index in [1.807, 2.05) is 26.8 Å². The normalized spacial score (nSPS) is 16.5. The second-order valence-corrected chi connectivity index (χ2v) is 6.29. The summed E-state index contributed by atoms with van der Waals surface area (Å²) >= 11 is 0. The molecule has 120 valence electrons. The third kappa shape index (κ3) is 10.8. The fourth-order valence-electron chi connectivity index (χ4n) is 2.07. The summed E-state index contributed by atoms with van der Waals surface area (Å²) in [6.07, 6.45) is 9.25. The molecule has 0 heterocycles. The van der Waals surface area contributed by atoms with Crippen molar-refractivity contribution in [2.45, 2.75) is 65.4 Å². The molecule has 1 aliphatic rings. The van der Waals surface area contributed by atoms with Crippen molar-refractivity contribution in [2.75, 3.05) is 0 Å². The quantitative estimate of drug-likeness (QED) is 0.628. The Labute approximate surface area is 127 Å². The van der Waals surface area contributed by atoms with Gasteiger partial charge in [0.05, 0.1) is 0 Å². The zero-order valence-corrected chi connectivity index (χ0v) is 13.6. The highest BCUT2D eigenvalue weighted by molar-refractivity contribution is 5.85. The highest BCUT2D eigenvalue weighted by atomic mass is 16.6. The molecule has 0 aromatic rings. The maximum atomic E-state index is 10.5. The summed E-state index contributed by atoms with van der Waals surface area (Å²) in [5.74, 6) is -0.627. The van der Waals surface area contributed by atoms with Crippen molar-refractivity contribution < 1.29 is 19.4 Å². The van der Waals surface area contributed by atoms with Crippen molar-refractivity contribution in [3.05, 3.63) is 24.3 Å². The van der Waals surface area contributed by atoms with Gasteiger partial charge in [-0.15, -0.1) is 0 Å². The van der Waals surface area contributed by atoms with Crippen LogP contribution in [-0.4, -0.2) is 22.6 Å². The molecule has 4 nitrogen and oxygen atoms in total. The monoisotopic (exact) mass is 296 g/mol. The van der Waals surface area contributed by atoms with Crippen LogP contribution < -0.4 is 0 Å². The van der Waals surface area contributed by atoms with E-state index in [2.05, 4.69) is 6.58 Å². The second-order valence-electron chi connectivity index (χ2n) is 6.29. The molecule has 1 N–H and O–H groups in total. The van der Waals surface area contributed by atoms with Crippen LogP contribution in [0.4, 0.5) is 0 Å². The molecule has 21 heavy (non-hydrogen) atoms. The Kier molecular flexibility index (Phi) is 8.67. The number of rotatable bonds is 3. The topological polar surface area (TPSA) is 63.6 Å². The Morgan fingerprint density at radius 1 is 1.19 bits per heavy atom. The Morgan fingerprint density at radius 2 is 1.71 bits per heavy atom. The highest BCUT2D eigenvalue weighted by Gasteiger charge is 2.13. The van der Waals surface area contributed by atoms with Gasteiger partial charge in [0.25, 0.3) is 0 Å². The van der Waals surface area contributed by atoms with Gasteiger partial charge in [0, 0.05) is 11.6 Å². The summed E-state index contributed by atoms with van der Waals surface area (Å²) in [7, 11) is 0. The number of carbonyl (C=O) groups is 2. The fourth-order valence-corrected chi connectivity index (χ4v) is 2.07. The minimum atomic E-state index is -0.777. The molecule has 0 unspecified atom stereocenters. The van der Waals surface area contributed by atoms with Crippen LogP contribution in [0.2, 0.25) is 0 Å². The minimum absolute atomic E-state index is 0.373. The van der Waals surface area contributed by atoms with Crippen LogP contribution in [0, 0.1) is 5.92 Å². The Balaban J connectivity index is 0.000000400. The smallest absolute Gasteiger partial charge is 0.330 e. The maximum absolute atomic E-state index is 10.5. The van der Waals surface area contributed by atoms with Gasteiger partial charge in [-0.2, -0.15) is 0 Å². The zero-order valence-electron chi connectivity index (χ0n) is 13.6. The van der Waals surface area contributed by atoms with Gasteiger partial charge >= 0.3 is 11.9 Å². The predicted octanol–water partition coefficient (Wildman–Crippen LogP) is 4.11. The molecule has 0 aromatic carbocycles. The second kappa shape index (κ2) is 9.37. The first-order valence-corrected chi connectivity index (χ1v) is 7.43. The molecule has 0 saturated heterocycles. The van der Waals surface area contributed by atoms with Crippen LogP contribution in [0.25, 0.3) is 0 Å². The van der Waals surface area contributed by atoms with E-state index in [4.69, 9.17) is 9.84 Å². The molecule has 0 aromatic heterocycles. The minimum Gasteiger partial charge on any atom is -0.478 e. The molecule has 4 heteroatoms. The van der Waals surface area contributed by atoms with E-state index < -0.39 is 11.6 Å². The molecular formula is C17H28O4. The lowest BCUT2D eigenvalue weighted by Gasteiger charge is -2.18. The van der Waals surface area contributed by atoms with Gasteiger partial charge in [0.15, 0.2) is 0 Å². The van der Waals surface area contributed by atoms with Gasteiger partial charge in [0.1, 0.15) is 5.60 Å². The highest BCUT2D eigenvalue weighted by Crippen LogP contribution is 2.25. The summed E-state index contributed by atoms with van der Waals surface area (Å²) < 4.78 is 4.83. The van der Waals surface area contributed by atoms with E-state index in [0.717, 1.165) is 6.08 Å². The van der Waals surface area contributed by atoms with Crippen LogP contribution in [0.15, 0.2) is 24.3 Å². The van der Waals surface area contributed by atoms with E-state index in [1.165, 1.54) is 32.1 Å². The molecule has 1 fully saturated rings. The molecule has 0 atom stereocenters. The van der Waals surface area contributed by atoms with Gasteiger partial charge < -0.3 is 9.84 Å². The molecule has 1 saturated carbocycles. The lowest BCUT2D eigenvalue weighted by atomic mass is 9.88. The molecule has 0 radical (unpaired) electrons. The average molecular weight is 296 g/mol. The van der Waals surface area contributed by atoms with E-state index in [-0.39, 0.29) is 5.97 Å². The SMILES string of the molecule is C=CC(=O)OC(C)(C)C.CC(=CC1CCCCC1)C(=O)O. The number of carboxylic acid groups (broad SMARTS) is 1. The summed E-state index contributed by atoms with van der Waals surface area (Å²) in [6.45, 7) is 10.4. The molecule has 1 aliphatic carbocycles. The zero-order chi connectivity index (χ0) is 16.5. The number of esters is 1. The van der Waals surface area contributed by atoms with Crippen LogP contribution >= 0.6 is 0 Å². The molecule has 0 bridgehead atoms. The van der Waals surface area contributed by atoms with Gasteiger partial charge in [-0.1, -0.05) is 31.9 Å². The summed E-state index contributed by atoms with van der Waals surface area (Å²) in [4.78, 5) is 21.0. The summed E-state index contributed by atoms with van der Waals surface area (Å²) in [5.41, 5.74) is 0.104. The van der Waals surface area contributed by atoms with Crippen LogP contribution in [0.3, 0.4) is 0 Å². The van der Waals surface area contributed by atoms with Gasteiger partial charge in [-0.25, -0.2) is 9.59 Å². The maximum Gasteiger partial charge on any atom is 0.330 e. The van der Waals surface area contributed by atoms with Gasteiger partial charge in [-0.3, -0.25) is 0 Å². The number of hydrogen-bond acceptors (Lipinski definition) is 3. The number of aliphatic carboxylic acids is 1. The lowest BCUT2D eigenvalue weighted by Crippen LogP contribution is -2.22.